The van der Waals surface area contributed by atoms with Crippen molar-refractivity contribution in [1.82, 2.24) is 0 Å². The predicted molar refractivity (Wildman–Crippen MR) is 40.1 cm³/mol. The van der Waals surface area contributed by atoms with E-state index in [1.807, 2.05) is 0 Å². The van der Waals surface area contributed by atoms with Gasteiger partial charge in [0.05, 0.1) is 0 Å². The zero-order valence-electron chi connectivity index (χ0n) is 7.00. The van der Waals surface area contributed by atoms with Gasteiger partial charge in [0, 0.05) is 5.92 Å². The van der Waals surface area contributed by atoms with Gasteiger partial charge in [0.15, 0.2) is 0 Å². The molecule has 0 aromatic heterocycles. The number of carbonyl (C=O) groups is 2. The summed E-state index contributed by atoms with van der Waals surface area (Å²) in [5, 5.41) is 8.43. The zero-order chi connectivity index (χ0) is 9.94. The molecular formula is C7H12FNO3. The maximum Gasteiger partial charge on any atom is 0.351 e. The predicted octanol–water partition coefficient (Wildman–Crippen LogP) is 0.311. The summed E-state index contributed by atoms with van der Waals surface area (Å²) in [7, 11) is 0. The monoisotopic (exact) mass is 177 g/mol. The summed E-state index contributed by atoms with van der Waals surface area (Å²) in [5.74, 6) is -4.17. The Labute approximate surface area is 69.6 Å². The SMILES string of the molecule is CC[C@H](C)[C@](F)(C(N)=O)C(=O)O. The lowest BCUT2D eigenvalue weighted by Crippen LogP contribution is -2.51. The Hall–Kier alpha value is -1.13. The number of hydrogen-bond donors (Lipinski definition) is 2. The molecule has 0 bridgehead atoms. The van der Waals surface area contributed by atoms with E-state index in [0.29, 0.717) is 0 Å². The second kappa shape index (κ2) is 3.51. The van der Waals surface area contributed by atoms with Gasteiger partial charge >= 0.3 is 5.97 Å². The summed E-state index contributed by atoms with van der Waals surface area (Å²) < 4.78 is 13.4. The number of amides is 1. The molecule has 0 fully saturated rings. The molecule has 12 heavy (non-hydrogen) atoms. The van der Waals surface area contributed by atoms with Gasteiger partial charge in [0.25, 0.3) is 11.6 Å². The highest BCUT2D eigenvalue weighted by Crippen LogP contribution is 2.25. The number of nitrogens with two attached hydrogens (primary N) is 1. The molecule has 2 atom stereocenters. The number of carboxylic acids is 1. The molecule has 0 saturated carbocycles. The first-order valence-corrected chi connectivity index (χ1v) is 3.59. The maximum absolute atomic E-state index is 13.4. The Bertz CT molecular complexity index is 191. The molecule has 0 unspecified atom stereocenters. The van der Waals surface area contributed by atoms with E-state index in [9.17, 15) is 14.0 Å². The molecule has 0 aliphatic rings. The molecule has 0 heterocycles. The molecule has 0 aromatic carbocycles. The van der Waals surface area contributed by atoms with Crippen LogP contribution in [-0.4, -0.2) is 22.7 Å². The molecule has 1 amide bonds. The van der Waals surface area contributed by atoms with Gasteiger partial charge in [0.2, 0.25) is 0 Å². The van der Waals surface area contributed by atoms with Crippen LogP contribution in [-0.2, 0) is 9.59 Å². The average molecular weight is 177 g/mol. The van der Waals surface area contributed by atoms with E-state index < -0.39 is 23.5 Å². The van der Waals surface area contributed by atoms with Gasteiger partial charge in [-0.2, -0.15) is 0 Å². The second-order valence-electron chi connectivity index (χ2n) is 2.69. The van der Waals surface area contributed by atoms with Gasteiger partial charge in [-0.25, -0.2) is 9.18 Å². The summed E-state index contributed by atoms with van der Waals surface area (Å²) in [6, 6.07) is 0. The molecule has 0 aliphatic carbocycles. The second-order valence-corrected chi connectivity index (χ2v) is 2.69. The fourth-order valence-electron chi connectivity index (χ4n) is 0.840. The molecular weight excluding hydrogens is 165 g/mol. The normalized spacial score (nSPS) is 17.9. The van der Waals surface area contributed by atoms with E-state index in [1.54, 1.807) is 6.92 Å². The number of primary amides is 1. The van der Waals surface area contributed by atoms with Crippen molar-refractivity contribution in [3.8, 4) is 0 Å². The van der Waals surface area contributed by atoms with E-state index in [4.69, 9.17) is 5.11 Å². The molecule has 0 rings (SSSR count). The van der Waals surface area contributed by atoms with Gasteiger partial charge < -0.3 is 10.8 Å². The maximum atomic E-state index is 13.4. The van der Waals surface area contributed by atoms with Crippen LogP contribution in [0.15, 0.2) is 0 Å². The van der Waals surface area contributed by atoms with Crippen molar-refractivity contribution in [3.05, 3.63) is 0 Å². The highest BCUT2D eigenvalue weighted by molar-refractivity contribution is 6.04. The number of halogens is 1. The van der Waals surface area contributed by atoms with Crippen LogP contribution in [0.1, 0.15) is 20.3 Å². The smallest absolute Gasteiger partial charge is 0.351 e. The quantitative estimate of drug-likeness (QED) is 0.606. The first kappa shape index (κ1) is 10.9. The van der Waals surface area contributed by atoms with Gasteiger partial charge in [-0.15, -0.1) is 0 Å². The number of carbonyl (C=O) groups excluding carboxylic acids is 1. The lowest BCUT2D eigenvalue weighted by Gasteiger charge is -2.22. The molecule has 5 heteroatoms. The lowest BCUT2D eigenvalue weighted by atomic mass is 9.88. The summed E-state index contributed by atoms with van der Waals surface area (Å²) >= 11 is 0. The molecule has 3 N–H and O–H groups in total. The number of aliphatic carboxylic acids is 1. The minimum absolute atomic E-state index is 0.242. The van der Waals surface area contributed by atoms with Gasteiger partial charge in [0.1, 0.15) is 0 Å². The first-order chi connectivity index (χ1) is 5.37. The van der Waals surface area contributed by atoms with Gasteiger partial charge in [-0.3, -0.25) is 4.79 Å². The Balaban J connectivity index is 4.87. The van der Waals surface area contributed by atoms with Crippen LogP contribution in [0.3, 0.4) is 0 Å². The Kier molecular flexibility index (Phi) is 3.18. The van der Waals surface area contributed by atoms with Crippen molar-refractivity contribution in [2.75, 3.05) is 0 Å². The van der Waals surface area contributed by atoms with Crippen molar-refractivity contribution in [2.45, 2.75) is 25.9 Å². The zero-order valence-corrected chi connectivity index (χ0v) is 7.00. The highest BCUT2D eigenvalue weighted by Gasteiger charge is 2.49. The number of carboxylic acid groups (broad SMARTS) is 1. The third kappa shape index (κ3) is 1.54. The summed E-state index contributed by atoms with van der Waals surface area (Å²) in [6.07, 6.45) is 0.242. The topological polar surface area (TPSA) is 80.4 Å². The number of rotatable bonds is 4. The summed E-state index contributed by atoms with van der Waals surface area (Å²) in [6.45, 7) is 2.92. The number of hydrogen-bond acceptors (Lipinski definition) is 2. The summed E-state index contributed by atoms with van der Waals surface area (Å²) in [5.41, 5.74) is 1.72. The summed E-state index contributed by atoms with van der Waals surface area (Å²) in [4.78, 5) is 20.9. The third-order valence-electron chi connectivity index (χ3n) is 1.96. The fourth-order valence-corrected chi connectivity index (χ4v) is 0.840. The van der Waals surface area contributed by atoms with Crippen molar-refractivity contribution in [2.24, 2.45) is 11.7 Å². The Morgan fingerprint density at radius 2 is 2.08 bits per heavy atom. The Morgan fingerprint density at radius 1 is 1.67 bits per heavy atom. The van der Waals surface area contributed by atoms with Crippen LogP contribution in [0, 0.1) is 5.92 Å². The molecule has 0 aliphatic heterocycles. The molecule has 4 nitrogen and oxygen atoms in total. The minimum atomic E-state index is -2.94. The van der Waals surface area contributed by atoms with Crippen LogP contribution < -0.4 is 5.73 Å². The number of alkyl halides is 1. The van der Waals surface area contributed by atoms with Crippen molar-refractivity contribution in [1.29, 1.82) is 0 Å². The van der Waals surface area contributed by atoms with Crippen molar-refractivity contribution < 1.29 is 19.1 Å². The van der Waals surface area contributed by atoms with Crippen molar-refractivity contribution >= 4 is 11.9 Å². The van der Waals surface area contributed by atoms with E-state index in [0.717, 1.165) is 0 Å². The average Bonchev–Trinajstić information content (AvgIpc) is 2.00. The minimum Gasteiger partial charge on any atom is -0.478 e. The Morgan fingerprint density at radius 3 is 2.17 bits per heavy atom. The van der Waals surface area contributed by atoms with Gasteiger partial charge in [-0.05, 0) is 6.42 Å². The van der Waals surface area contributed by atoms with E-state index in [2.05, 4.69) is 5.73 Å². The first-order valence-electron chi connectivity index (χ1n) is 3.59. The fraction of sp³-hybridized carbons (Fsp3) is 0.714. The van der Waals surface area contributed by atoms with Crippen LogP contribution in [0.25, 0.3) is 0 Å². The molecule has 0 spiro atoms. The molecule has 0 saturated heterocycles. The molecule has 0 aromatic rings. The van der Waals surface area contributed by atoms with Crippen molar-refractivity contribution in [3.63, 3.8) is 0 Å². The highest BCUT2D eigenvalue weighted by atomic mass is 19.1. The standard InChI is InChI=1S/C7H12FNO3/c1-3-4(2)7(8,5(9)10)6(11)12/h4H,3H2,1-2H3,(H2,9,10)(H,11,12)/t4-,7-/m0/s1. The van der Waals surface area contributed by atoms with E-state index >= 15 is 0 Å². The molecule has 0 radical (unpaired) electrons. The van der Waals surface area contributed by atoms with Crippen LogP contribution in [0.4, 0.5) is 4.39 Å². The van der Waals surface area contributed by atoms with Gasteiger partial charge in [-0.1, -0.05) is 13.8 Å². The van der Waals surface area contributed by atoms with Crippen LogP contribution in [0.5, 0.6) is 0 Å². The van der Waals surface area contributed by atoms with Crippen LogP contribution >= 0.6 is 0 Å². The lowest BCUT2D eigenvalue weighted by molar-refractivity contribution is -0.161. The van der Waals surface area contributed by atoms with E-state index in [-0.39, 0.29) is 6.42 Å². The van der Waals surface area contributed by atoms with Crippen LogP contribution in [0.2, 0.25) is 0 Å². The molecule has 70 valence electrons. The van der Waals surface area contributed by atoms with E-state index in [1.165, 1.54) is 6.92 Å². The third-order valence-corrected chi connectivity index (χ3v) is 1.96. The largest absolute Gasteiger partial charge is 0.478 e.